The van der Waals surface area contributed by atoms with Gasteiger partial charge in [-0.3, -0.25) is 9.59 Å². The van der Waals surface area contributed by atoms with Crippen molar-refractivity contribution in [3.63, 3.8) is 0 Å². The van der Waals surface area contributed by atoms with Gasteiger partial charge in [0.15, 0.2) is 0 Å². The highest BCUT2D eigenvalue weighted by Gasteiger charge is 2.54. The quantitative estimate of drug-likeness (QED) is 0.814. The second kappa shape index (κ2) is 6.79. The number of imide groups is 1. The minimum atomic E-state index is -0.938. The van der Waals surface area contributed by atoms with Gasteiger partial charge in [0.2, 0.25) is 5.91 Å². The summed E-state index contributed by atoms with van der Waals surface area (Å²) in [7, 11) is 0. The van der Waals surface area contributed by atoms with E-state index in [1.807, 2.05) is 6.07 Å². The average Bonchev–Trinajstić information content (AvgIpc) is 2.87. The second-order valence-electron chi connectivity index (χ2n) is 7.23. The Hall–Kier alpha value is -2.88. The summed E-state index contributed by atoms with van der Waals surface area (Å²) >= 11 is 0. The summed E-state index contributed by atoms with van der Waals surface area (Å²) in [6.07, 6.45) is 2.96. The lowest BCUT2D eigenvalue weighted by molar-refractivity contribution is -0.137. The molecule has 136 valence electrons. The molecule has 7 heteroatoms. The van der Waals surface area contributed by atoms with Crippen LogP contribution in [0.15, 0.2) is 24.3 Å². The Labute approximate surface area is 152 Å². The fourth-order valence-electron chi connectivity index (χ4n) is 3.62. The predicted molar refractivity (Wildman–Crippen MR) is 95.0 cm³/mol. The molecule has 3 rings (SSSR count). The topological polar surface area (TPSA) is 102 Å². The first-order valence-corrected chi connectivity index (χ1v) is 8.83. The van der Waals surface area contributed by atoms with E-state index in [4.69, 9.17) is 5.26 Å². The summed E-state index contributed by atoms with van der Waals surface area (Å²) in [5.41, 5.74) is 0.00802. The molecule has 7 nitrogen and oxygen atoms in total. The molecule has 1 atom stereocenters. The van der Waals surface area contributed by atoms with E-state index in [1.165, 1.54) is 6.92 Å². The van der Waals surface area contributed by atoms with Crippen molar-refractivity contribution in [1.29, 1.82) is 5.26 Å². The SMILES string of the molecule is CC1CCC2(CC1)NC(=O)N([C@H](C)C(=O)Nc1cccc(C#N)c1)C2=O. The number of benzene rings is 1. The number of nitriles is 1. The zero-order chi connectivity index (χ0) is 18.9. The molecule has 2 N–H and O–H groups in total. The Morgan fingerprint density at radius 3 is 2.73 bits per heavy atom. The fraction of sp³-hybridized carbons (Fsp3) is 0.474. The van der Waals surface area contributed by atoms with E-state index in [9.17, 15) is 14.4 Å². The lowest BCUT2D eigenvalue weighted by Crippen LogP contribution is -2.51. The number of nitrogens with one attached hydrogen (secondary N) is 2. The maximum atomic E-state index is 12.9. The van der Waals surface area contributed by atoms with Gasteiger partial charge in [-0.25, -0.2) is 9.69 Å². The van der Waals surface area contributed by atoms with Crippen molar-refractivity contribution in [2.75, 3.05) is 5.32 Å². The summed E-state index contributed by atoms with van der Waals surface area (Å²) in [6.45, 7) is 3.67. The summed E-state index contributed by atoms with van der Waals surface area (Å²) in [5.74, 6) is -0.250. The molecule has 1 aliphatic heterocycles. The standard InChI is InChI=1S/C19H22N4O3/c1-12-6-8-19(9-7-12)17(25)23(18(26)22-19)13(2)16(24)21-15-5-3-4-14(10-15)11-20/h3-5,10,12-13H,6-9H2,1-2H3,(H,21,24)(H,22,26)/t12?,13-,19?/m1/s1. The van der Waals surface area contributed by atoms with Gasteiger partial charge in [0.05, 0.1) is 11.6 Å². The monoisotopic (exact) mass is 354 g/mol. The molecule has 0 unspecified atom stereocenters. The first-order chi connectivity index (χ1) is 12.4. The Bertz CT molecular complexity index is 790. The van der Waals surface area contributed by atoms with Gasteiger partial charge < -0.3 is 10.6 Å². The molecule has 2 fully saturated rings. The molecule has 1 heterocycles. The van der Waals surface area contributed by atoms with Gasteiger partial charge in [-0.2, -0.15) is 5.26 Å². The van der Waals surface area contributed by atoms with Crippen molar-refractivity contribution in [3.05, 3.63) is 29.8 Å². The van der Waals surface area contributed by atoms with E-state index in [0.29, 0.717) is 30.0 Å². The van der Waals surface area contributed by atoms with Gasteiger partial charge >= 0.3 is 6.03 Å². The third-order valence-corrected chi connectivity index (χ3v) is 5.35. The Kier molecular flexibility index (Phi) is 4.68. The summed E-state index contributed by atoms with van der Waals surface area (Å²) < 4.78 is 0. The van der Waals surface area contributed by atoms with Crippen molar-refractivity contribution in [3.8, 4) is 6.07 Å². The largest absolute Gasteiger partial charge is 0.325 e. The number of nitrogens with zero attached hydrogens (tertiary/aromatic N) is 2. The Morgan fingerprint density at radius 2 is 2.08 bits per heavy atom. The van der Waals surface area contributed by atoms with Crippen LogP contribution >= 0.6 is 0 Å². The highest BCUT2D eigenvalue weighted by molar-refractivity contribution is 6.11. The van der Waals surface area contributed by atoms with Crippen molar-refractivity contribution < 1.29 is 14.4 Å². The Balaban J connectivity index is 1.73. The van der Waals surface area contributed by atoms with Crippen LogP contribution in [0.25, 0.3) is 0 Å². The normalized spacial score (nSPS) is 26.3. The van der Waals surface area contributed by atoms with Crippen LogP contribution < -0.4 is 10.6 Å². The highest BCUT2D eigenvalue weighted by atomic mass is 16.2. The van der Waals surface area contributed by atoms with Gasteiger partial charge in [0, 0.05) is 5.69 Å². The molecule has 1 spiro atoms. The van der Waals surface area contributed by atoms with E-state index < -0.39 is 23.5 Å². The number of urea groups is 1. The maximum absolute atomic E-state index is 12.9. The molecule has 1 aromatic carbocycles. The Morgan fingerprint density at radius 1 is 1.38 bits per heavy atom. The first-order valence-electron chi connectivity index (χ1n) is 8.83. The van der Waals surface area contributed by atoms with Crippen LogP contribution in [0.2, 0.25) is 0 Å². The number of hydrogen-bond acceptors (Lipinski definition) is 4. The lowest BCUT2D eigenvalue weighted by Gasteiger charge is -2.34. The second-order valence-corrected chi connectivity index (χ2v) is 7.23. The van der Waals surface area contributed by atoms with Gasteiger partial charge in [0.1, 0.15) is 11.6 Å². The molecule has 2 aliphatic rings. The number of rotatable bonds is 3. The van der Waals surface area contributed by atoms with Crippen LogP contribution in [0.3, 0.4) is 0 Å². The van der Waals surface area contributed by atoms with Crippen LogP contribution in [-0.2, 0) is 9.59 Å². The molecule has 26 heavy (non-hydrogen) atoms. The fourth-order valence-corrected chi connectivity index (χ4v) is 3.62. The number of anilines is 1. The first kappa shape index (κ1) is 17.9. The number of hydrogen-bond donors (Lipinski definition) is 2. The van der Waals surface area contributed by atoms with E-state index in [-0.39, 0.29) is 5.91 Å². The summed E-state index contributed by atoms with van der Waals surface area (Å²) in [5, 5.41) is 14.4. The minimum Gasteiger partial charge on any atom is -0.324 e. The number of amides is 4. The van der Waals surface area contributed by atoms with E-state index in [2.05, 4.69) is 17.6 Å². The molecular formula is C19H22N4O3. The van der Waals surface area contributed by atoms with E-state index in [1.54, 1.807) is 24.3 Å². The predicted octanol–water partition coefficient (Wildman–Crippen LogP) is 2.39. The third-order valence-electron chi connectivity index (χ3n) is 5.35. The molecule has 0 aromatic heterocycles. The molecule has 1 aromatic rings. The molecule has 1 saturated heterocycles. The van der Waals surface area contributed by atoms with Crippen molar-refractivity contribution >= 4 is 23.5 Å². The molecule has 0 bridgehead atoms. The molecule has 1 saturated carbocycles. The van der Waals surface area contributed by atoms with E-state index in [0.717, 1.165) is 17.7 Å². The average molecular weight is 354 g/mol. The van der Waals surface area contributed by atoms with Crippen LogP contribution in [0.5, 0.6) is 0 Å². The molecular weight excluding hydrogens is 332 g/mol. The maximum Gasteiger partial charge on any atom is 0.325 e. The smallest absolute Gasteiger partial charge is 0.324 e. The van der Waals surface area contributed by atoms with Gasteiger partial charge in [-0.15, -0.1) is 0 Å². The number of carbonyl (C=O) groups excluding carboxylic acids is 3. The third kappa shape index (κ3) is 3.15. The van der Waals surface area contributed by atoms with Crippen LogP contribution in [0.4, 0.5) is 10.5 Å². The molecule has 1 aliphatic carbocycles. The van der Waals surface area contributed by atoms with Gasteiger partial charge in [-0.05, 0) is 56.7 Å². The lowest BCUT2D eigenvalue weighted by atomic mass is 9.77. The summed E-state index contributed by atoms with van der Waals surface area (Å²) in [6, 6.07) is 7.03. The molecule has 0 radical (unpaired) electrons. The van der Waals surface area contributed by atoms with Crippen molar-refractivity contribution in [1.82, 2.24) is 10.2 Å². The summed E-state index contributed by atoms with van der Waals surface area (Å²) in [4.78, 5) is 38.9. The van der Waals surface area contributed by atoms with Crippen LogP contribution in [-0.4, -0.2) is 34.3 Å². The zero-order valence-corrected chi connectivity index (χ0v) is 14.9. The van der Waals surface area contributed by atoms with Crippen LogP contribution in [0, 0.1) is 17.2 Å². The van der Waals surface area contributed by atoms with Gasteiger partial charge in [0.25, 0.3) is 5.91 Å². The van der Waals surface area contributed by atoms with Crippen molar-refractivity contribution in [2.45, 2.75) is 51.1 Å². The van der Waals surface area contributed by atoms with Crippen molar-refractivity contribution in [2.24, 2.45) is 5.92 Å². The molecule has 4 amide bonds. The van der Waals surface area contributed by atoms with Gasteiger partial charge in [-0.1, -0.05) is 13.0 Å². The zero-order valence-electron chi connectivity index (χ0n) is 14.9. The van der Waals surface area contributed by atoms with Crippen LogP contribution in [0.1, 0.15) is 45.1 Å². The number of carbonyl (C=O) groups is 3. The minimum absolute atomic E-state index is 0.317. The highest BCUT2D eigenvalue weighted by Crippen LogP contribution is 2.37. The van der Waals surface area contributed by atoms with E-state index >= 15 is 0 Å².